The normalized spacial score (nSPS) is 14.2. The molecule has 1 saturated heterocycles. The molecule has 5 aromatic rings. The van der Waals surface area contributed by atoms with Crippen molar-refractivity contribution in [2.24, 2.45) is 0 Å². The molecule has 14 heteroatoms. The fourth-order valence-electron chi connectivity index (χ4n) is 5.14. The Hall–Kier alpha value is -4.36. The molecule has 2 N–H and O–H groups in total. The number of halogens is 4. The van der Waals surface area contributed by atoms with Gasteiger partial charge in [0.25, 0.3) is 5.56 Å². The number of carbonyl (C=O) groups is 1. The van der Waals surface area contributed by atoms with Crippen molar-refractivity contribution < 1.29 is 22.4 Å². The predicted molar refractivity (Wildman–Crippen MR) is 152 cm³/mol. The standard InChI is InChI=1S/C28H25ClF3N7O3/c1-2-20-24(37-11-9-33-10-12-37)26(41)39-27(35-25(36-39)22-13-16-5-3-4-6-21(16)42-22)38(20)15-23(40)34-19-8-7-17(14-18(19)29)28(30,31)32/h3-8,13-14,33H,2,9-12,15H2,1H3,(H,34,40). The summed E-state index contributed by atoms with van der Waals surface area (Å²) in [6, 6.07) is 11.9. The molecule has 3 aromatic heterocycles. The summed E-state index contributed by atoms with van der Waals surface area (Å²) in [7, 11) is 0. The van der Waals surface area contributed by atoms with Crippen LogP contribution in [-0.2, 0) is 23.9 Å². The highest BCUT2D eigenvalue weighted by Gasteiger charge is 2.31. The molecule has 10 nitrogen and oxygen atoms in total. The van der Waals surface area contributed by atoms with Crippen molar-refractivity contribution in [3.63, 3.8) is 0 Å². The SMILES string of the molecule is CCc1c(N2CCNCC2)c(=O)n2nc(-c3cc4ccccc4o3)nc2n1CC(=O)Nc1ccc(C(F)(F)F)cc1Cl. The van der Waals surface area contributed by atoms with E-state index in [2.05, 4.69) is 20.7 Å². The van der Waals surface area contributed by atoms with Crippen LogP contribution in [0.2, 0.25) is 5.02 Å². The van der Waals surface area contributed by atoms with Gasteiger partial charge in [-0.15, -0.1) is 5.10 Å². The molecule has 218 valence electrons. The molecule has 4 heterocycles. The van der Waals surface area contributed by atoms with Crippen molar-refractivity contribution >= 4 is 45.6 Å². The second-order valence-electron chi connectivity index (χ2n) is 9.81. The number of aromatic nitrogens is 4. The monoisotopic (exact) mass is 599 g/mol. The topological polar surface area (TPSA) is 110 Å². The van der Waals surface area contributed by atoms with Gasteiger partial charge in [-0.1, -0.05) is 36.7 Å². The van der Waals surface area contributed by atoms with Gasteiger partial charge in [-0.25, -0.2) is 0 Å². The smallest absolute Gasteiger partial charge is 0.416 e. The quantitative estimate of drug-likeness (QED) is 0.294. The first kappa shape index (κ1) is 27.8. The van der Waals surface area contributed by atoms with Gasteiger partial charge in [0.05, 0.1) is 22.0 Å². The highest BCUT2D eigenvalue weighted by Crippen LogP contribution is 2.34. The summed E-state index contributed by atoms with van der Waals surface area (Å²) in [4.78, 5) is 33.7. The predicted octanol–water partition coefficient (Wildman–Crippen LogP) is 4.59. The van der Waals surface area contributed by atoms with Crippen LogP contribution in [0.15, 0.2) is 57.7 Å². The summed E-state index contributed by atoms with van der Waals surface area (Å²) >= 11 is 6.08. The molecule has 1 amide bonds. The van der Waals surface area contributed by atoms with Crippen LogP contribution in [0.4, 0.5) is 24.5 Å². The third-order valence-corrected chi connectivity index (χ3v) is 7.42. The number of anilines is 2. The minimum Gasteiger partial charge on any atom is -0.453 e. The molecule has 0 spiro atoms. The van der Waals surface area contributed by atoms with Crippen molar-refractivity contribution in [1.29, 1.82) is 0 Å². The Bertz CT molecular complexity index is 1840. The molecule has 0 atom stereocenters. The Morgan fingerprint density at radius 1 is 1.14 bits per heavy atom. The van der Waals surface area contributed by atoms with E-state index >= 15 is 0 Å². The Kier molecular flexibility index (Phi) is 7.15. The Morgan fingerprint density at radius 2 is 1.90 bits per heavy atom. The maximum absolute atomic E-state index is 13.9. The molecule has 1 fully saturated rings. The minimum absolute atomic E-state index is 0.0246. The van der Waals surface area contributed by atoms with Crippen molar-refractivity contribution in [2.45, 2.75) is 26.1 Å². The van der Waals surface area contributed by atoms with E-state index in [9.17, 15) is 22.8 Å². The fraction of sp³-hybridized carbons (Fsp3) is 0.286. The number of hydrogen-bond acceptors (Lipinski definition) is 7. The van der Waals surface area contributed by atoms with E-state index in [0.29, 0.717) is 55.3 Å². The number of nitrogens with zero attached hydrogens (tertiary/aromatic N) is 5. The Balaban J connectivity index is 1.44. The number of fused-ring (bicyclic) bond motifs is 2. The minimum atomic E-state index is -4.57. The highest BCUT2D eigenvalue weighted by atomic mass is 35.5. The van der Waals surface area contributed by atoms with Gasteiger partial charge >= 0.3 is 6.18 Å². The van der Waals surface area contributed by atoms with E-state index in [4.69, 9.17) is 16.0 Å². The van der Waals surface area contributed by atoms with Crippen LogP contribution >= 0.6 is 11.6 Å². The summed E-state index contributed by atoms with van der Waals surface area (Å²) in [5.74, 6) is 0.0766. The maximum atomic E-state index is 13.9. The van der Waals surface area contributed by atoms with E-state index in [1.807, 2.05) is 36.1 Å². The second-order valence-corrected chi connectivity index (χ2v) is 10.2. The molecule has 42 heavy (non-hydrogen) atoms. The summed E-state index contributed by atoms with van der Waals surface area (Å²) in [6.07, 6.45) is -4.18. The number of rotatable bonds is 6. The summed E-state index contributed by atoms with van der Waals surface area (Å²) in [6.45, 7) is 4.07. The average molecular weight is 600 g/mol. The Morgan fingerprint density at radius 3 is 2.60 bits per heavy atom. The van der Waals surface area contributed by atoms with Gasteiger partial charge in [0, 0.05) is 31.6 Å². The zero-order valence-electron chi connectivity index (χ0n) is 22.3. The lowest BCUT2D eigenvalue weighted by Crippen LogP contribution is -2.47. The van der Waals surface area contributed by atoms with Gasteiger partial charge in [0.15, 0.2) is 5.76 Å². The third kappa shape index (κ3) is 5.09. The van der Waals surface area contributed by atoms with E-state index in [1.165, 1.54) is 0 Å². The lowest BCUT2D eigenvalue weighted by atomic mass is 10.2. The van der Waals surface area contributed by atoms with Crippen LogP contribution in [-0.4, -0.2) is 51.3 Å². The van der Waals surface area contributed by atoms with Gasteiger partial charge in [0.2, 0.25) is 17.5 Å². The van der Waals surface area contributed by atoms with Crippen molar-refractivity contribution in [3.8, 4) is 11.6 Å². The molecular formula is C28H25ClF3N7O3. The molecule has 1 aliphatic heterocycles. The first-order chi connectivity index (χ1) is 20.1. The van der Waals surface area contributed by atoms with Gasteiger partial charge in [-0.05, 0) is 36.8 Å². The number of nitrogens with one attached hydrogen (secondary N) is 2. The van der Waals surface area contributed by atoms with Gasteiger partial charge in [-0.2, -0.15) is 22.7 Å². The zero-order valence-corrected chi connectivity index (χ0v) is 23.1. The number of alkyl halides is 3. The summed E-state index contributed by atoms with van der Waals surface area (Å²) < 4.78 is 48.0. The number of benzene rings is 2. The van der Waals surface area contributed by atoms with Crippen molar-refractivity contribution in [2.75, 3.05) is 36.4 Å². The van der Waals surface area contributed by atoms with Crippen molar-refractivity contribution in [3.05, 3.63) is 75.2 Å². The van der Waals surface area contributed by atoms with Gasteiger partial charge in [-0.3, -0.25) is 9.59 Å². The number of para-hydroxylation sites is 1. The van der Waals surface area contributed by atoms with Crippen LogP contribution in [0.5, 0.6) is 0 Å². The third-order valence-electron chi connectivity index (χ3n) is 7.11. The van der Waals surface area contributed by atoms with Gasteiger partial charge in [0.1, 0.15) is 17.8 Å². The molecule has 0 saturated carbocycles. The fourth-order valence-corrected chi connectivity index (χ4v) is 5.37. The van der Waals surface area contributed by atoms with E-state index < -0.39 is 17.6 Å². The molecule has 1 aliphatic rings. The first-order valence-electron chi connectivity index (χ1n) is 13.3. The number of piperazine rings is 1. The summed E-state index contributed by atoms with van der Waals surface area (Å²) in [5.41, 5.74) is 0.338. The molecule has 0 unspecified atom stereocenters. The molecule has 0 aliphatic carbocycles. The van der Waals surface area contributed by atoms with Crippen LogP contribution < -0.4 is 21.1 Å². The molecule has 0 bridgehead atoms. The molecule has 2 aromatic carbocycles. The lowest BCUT2D eigenvalue weighted by molar-refractivity contribution is -0.137. The van der Waals surface area contributed by atoms with E-state index in [1.54, 1.807) is 10.6 Å². The number of carbonyl (C=O) groups excluding carboxylic acids is 1. The average Bonchev–Trinajstić information content (AvgIpc) is 3.60. The van der Waals surface area contributed by atoms with Crippen LogP contribution in [0.25, 0.3) is 28.3 Å². The lowest BCUT2D eigenvalue weighted by Gasteiger charge is -2.31. The van der Waals surface area contributed by atoms with E-state index in [0.717, 1.165) is 28.1 Å². The molecule has 6 rings (SSSR count). The largest absolute Gasteiger partial charge is 0.453 e. The maximum Gasteiger partial charge on any atom is 0.416 e. The summed E-state index contributed by atoms with van der Waals surface area (Å²) in [5, 5.41) is 10.9. The molecular weight excluding hydrogens is 575 g/mol. The van der Waals surface area contributed by atoms with Crippen LogP contribution in [0, 0.1) is 0 Å². The molecule has 0 radical (unpaired) electrons. The number of furan rings is 1. The van der Waals surface area contributed by atoms with Gasteiger partial charge < -0.3 is 24.5 Å². The van der Waals surface area contributed by atoms with Crippen LogP contribution in [0.3, 0.4) is 0 Å². The van der Waals surface area contributed by atoms with Crippen LogP contribution in [0.1, 0.15) is 18.2 Å². The first-order valence-corrected chi connectivity index (χ1v) is 13.7. The van der Waals surface area contributed by atoms with E-state index in [-0.39, 0.29) is 34.4 Å². The number of amides is 1. The zero-order chi connectivity index (χ0) is 29.6. The second kappa shape index (κ2) is 10.8. The highest BCUT2D eigenvalue weighted by molar-refractivity contribution is 6.33. The van der Waals surface area contributed by atoms with Crippen molar-refractivity contribution in [1.82, 2.24) is 24.5 Å². The Labute approximate surface area is 241 Å². The number of hydrogen-bond donors (Lipinski definition) is 2.